The third-order valence-corrected chi connectivity index (χ3v) is 10.8. The Morgan fingerprint density at radius 1 is 0.327 bits per heavy atom. The molecule has 0 aliphatic rings. The van der Waals surface area contributed by atoms with Crippen LogP contribution in [0.1, 0.15) is 0 Å². The zero-order valence-electron chi connectivity index (χ0n) is 26.5. The quantitative estimate of drug-likeness (QED) is 0.179. The van der Waals surface area contributed by atoms with Gasteiger partial charge in [-0.1, -0.05) is 146 Å². The van der Waals surface area contributed by atoms with Crippen molar-refractivity contribution in [3.63, 3.8) is 0 Å². The molecule has 3 heteroatoms. The van der Waals surface area contributed by atoms with Crippen molar-refractivity contribution in [1.29, 1.82) is 0 Å². The molecule has 2 nitrogen and oxygen atoms in total. The maximum Gasteiger partial charge on any atom is 0.161 e. The second kappa shape index (κ2) is 11.2. The van der Waals surface area contributed by atoms with Crippen molar-refractivity contribution in [1.82, 2.24) is 9.97 Å². The number of hydrogen-bond acceptors (Lipinski definition) is 3. The standard InChI is InChI=1S/C46H28N2S/c1-3-13-29(14-4-1)40-28-41(30-15-5-2-6-16-30)48-46(47-40)45-37-21-11-9-19-35(37)44(36-20-10-12-22-38(36)45)33-23-24-34-39-25-31-17-7-8-18-32(31)26-43(39)49-42(34)27-33/h1-28H. The molecule has 0 aliphatic heterocycles. The van der Waals surface area contributed by atoms with E-state index in [2.05, 4.69) is 158 Å². The van der Waals surface area contributed by atoms with Crippen molar-refractivity contribution in [2.24, 2.45) is 0 Å². The van der Waals surface area contributed by atoms with Gasteiger partial charge in [0.1, 0.15) is 0 Å². The Morgan fingerprint density at radius 3 is 1.41 bits per heavy atom. The van der Waals surface area contributed by atoms with E-state index in [1.54, 1.807) is 0 Å². The largest absolute Gasteiger partial charge is 0.228 e. The fourth-order valence-electron chi connectivity index (χ4n) is 7.37. The molecule has 2 aromatic heterocycles. The molecular formula is C46H28N2S. The van der Waals surface area contributed by atoms with E-state index in [4.69, 9.17) is 9.97 Å². The minimum atomic E-state index is 0.728. The van der Waals surface area contributed by atoms with E-state index in [0.717, 1.165) is 44.7 Å². The molecule has 0 amide bonds. The van der Waals surface area contributed by atoms with Crippen molar-refractivity contribution in [2.75, 3.05) is 0 Å². The van der Waals surface area contributed by atoms with E-state index in [0.29, 0.717) is 0 Å². The molecule has 0 radical (unpaired) electrons. The van der Waals surface area contributed by atoms with Gasteiger partial charge in [-0.3, -0.25) is 0 Å². The Kier molecular flexibility index (Phi) is 6.39. The van der Waals surface area contributed by atoms with E-state index < -0.39 is 0 Å². The van der Waals surface area contributed by atoms with E-state index in [9.17, 15) is 0 Å². The molecule has 0 unspecified atom stereocenters. The monoisotopic (exact) mass is 640 g/mol. The molecule has 0 saturated heterocycles. The average Bonchev–Trinajstić information content (AvgIpc) is 3.52. The van der Waals surface area contributed by atoms with E-state index >= 15 is 0 Å². The molecule has 10 rings (SSSR count). The van der Waals surface area contributed by atoms with Crippen molar-refractivity contribution in [2.45, 2.75) is 0 Å². The molecule has 0 spiro atoms. The number of nitrogens with zero attached hydrogens (tertiary/aromatic N) is 2. The first-order valence-electron chi connectivity index (χ1n) is 16.6. The fourth-order valence-corrected chi connectivity index (χ4v) is 8.55. The summed E-state index contributed by atoms with van der Waals surface area (Å²) >= 11 is 1.88. The van der Waals surface area contributed by atoms with Crippen LogP contribution in [0, 0.1) is 0 Å². The van der Waals surface area contributed by atoms with Crippen LogP contribution in [0.5, 0.6) is 0 Å². The predicted octanol–water partition coefficient (Wildman–Crippen LogP) is 13.0. The number of thiophene rings is 1. The third-order valence-electron chi connectivity index (χ3n) is 9.65. The minimum absolute atomic E-state index is 0.728. The summed E-state index contributed by atoms with van der Waals surface area (Å²) in [6.07, 6.45) is 0. The number of hydrogen-bond donors (Lipinski definition) is 0. The van der Waals surface area contributed by atoms with Crippen LogP contribution in [0.4, 0.5) is 0 Å². The molecule has 0 aliphatic carbocycles. The van der Waals surface area contributed by atoms with Crippen LogP contribution < -0.4 is 0 Å². The van der Waals surface area contributed by atoms with Crippen molar-refractivity contribution in [3.8, 4) is 45.0 Å². The lowest BCUT2D eigenvalue weighted by atomic mass is 9.87. The molecule has 0 bridgehead atoms. The first-order valence-corrected chi connectivity index (χ1v) is 17.4. The van der Waals surface area contributed by atoms with Gasteiger partial charge in [0.15, 0.2) is 5.82 Å². The Morgan fingerprint density at radius 2 is 0.816 bits per heavy atom. The van der Waals surface area contributed by atoms with E-state index in [1.807, 2.05) is 23.5 Å². The second-order valence-corrected chi connectivity index (χ2v) is 13.6. The molecule has 0 fully saturated rings. The summed E-state index contributed by atoms with van der Waals surface area (Å²) in [5.41, 5.74) is 7.46. The Bertz CT molecular complexity index is 2760. The molecule has 49 heavy (non-hydrogen) atoms. The molecule has 8 aromatic carbocycles. The summed E-state index contributed by atoms with van der Waals surface area (Å²) in [6.45, 7) is 0. The molecule has 0 saturated carbocycles. The summed E-state index contributed by atoms with van der Waals surface area (Å²) in [5.74, 6) is 0.728. The van der Waals surface area contributed by atoms with Gasteiger partial charge in [-0.25, -0.2) is 9.97 Å². The van der Waals surface area contributed by atoms with Crippen LogP contribution in [0.2, 0.25) is 0 Å². The van der Waals surface area contributed by atoms with Gasteiger partial charge in [-0.15, -0.1) is 11.3 Å². The molecular weight excluding hydrogens is 613 g/mol. The van der Waals surface area contributed by atoms with Crippen molar-refractivity contribution in [3.05, 3.63) is 170 Å². The minimum Gasteiger partial charge on any atom is -0.228 e. The van der Waals surface area contributed by atoms with Gasteiger partial charge in [-0.2, -0.15) is 0 Å². The Balaban J connectivity index is 1.24. The van der Waals surface area contributed by atoms with Crippen LogP contribution in [0.15, 0.2) is 170 Å². The number of fused-ring (bicyclic) bond motifs is 6. The van der Waals surface area contributed by atoms with E-state index in [-0.39, 0.29) is 0 Å². The third kappa shape index (κ3) is 4.62. The van der Waals surface area contributed by atoms with Gasteiger partial charge in [0.2, 0.25) is 0 Å². The van der Waals surface area contributed by atoms with Crippen LogP contribution in [-0.2, 0) is 0 Å². The first-order chi connectivity index (χ1) is 24.3. The number of aromatic nitrogens is 2. The predicted molar refractivity (Wildman–Crippen MR) is 209 cm³/mol. The van der Waals surface area contributed by atoms with E-state index in [1.165, 1.54) is 52.8 Å². The fraction of sp³-hybridized carbons (Fsp3) is 0. The Hall–Kier alpha value is -6.16. The van der Waals surface area contributed by atoms with Gasteiger partial charge in [-0.05, 0) is 67.7 Å². The lowest BCUT2D eigenvalue weighted by Crippen LogP contribution is -1.98. The summed E-state index contributed by atoms with van der Waals surface area (Å²) in [5, 5.41) is 9.85. The highest BCUT2D eigenvalue weighted by Crippen LogP contribution is 2.45. The smallest absolute Gasteiger partial charge is 0.161 e. The zero-order chi connectivity index (χ0) is 32.3. The first kappa shape index (κ1) is 27.9. The normalized spacial score (nSPS) is 11.7. The second-order valence-electron chi connectivity index (χ2n) is 12.5. The lowest BCUT2D eigenvalue weighted by molar-refractivity contribution is 1.19. The Labute approximate surface area is 287 Å². The average molecular weight is 641 g/mol. The van der Waals surface area contributed by atoms with Crippen LogP contribution in [-0.4, -0.2) is 9.97 Å². The van der Waals surface area contributed by atoms with Gasteiger partial charge in [0.05, 0.1) is 11.4 Å². The summed E-state index contributed by atoms with van der Waals surface area (Å²) in [6, 6.07) is 60.7. The van der Waals surface area contributed by atoms with Gasteiger partial charge in [0.25, 0.3) is 0 Å². The van der Waals surface area contributed by atoms with Crippen LogP contribution >= 0.6 is 11.3 Å². The van der Waals surface area contributed by atoms with Crippen LogP contribution in [0.25, 0.3) is 97.5 Å². The summed E-state index contributed by atoms with van der Waals surface area (Å²) in [4.78, 5) is 10.6. The highest BCUT2D eigenvalue weighted by atomic mass is 32.1. The highest BCUT2D eigenvalue weighted by molar-refractivity contribution is 7.25. The molecule has 10 aromatic rings. The zero-order valence-corrected chi connectivity index (χ0v) is 27.3. The van der Waals surface area contributed by atoms with Crippen LogP contribution in [0.3, 0.4) is 0 Å². The molecule has 2 heterocycles. The SMILES string of the molecule is c1ccc(-c2cc(-c3ccccc3)nc(-c3c4ccccc4c(-c4ccc5c(c4)sc4cc6ccccc6cc45)c4ccccc34)n2)cc1. The molecule has 0 atom stereocenters. The van der Waals surface area contributed by atoms with Crippen molar-refractivity contribution >= 4 is 63.8 Å². The van der Waals surface area contributed by atoms with Gasteiger partial charge >= 0.3 is 0 Å². The molecule has 228 valence electrons. The topological polar surface area (TPSA) is 25.8 Å². The van der Waals surface area contributed by atoms with Gasteiger partial charge < -0.3 is 0 Å². The maximum atomic E-state index is 5.28. The summed E-state index contributed by atoms with van der Waals surface area (Å²) in [7, 11) is 0. The van der Waals surface area contributed by atoms with Crippen molar-refractivity contribution < 1.29 is 0 Å². The number of rotatable bonds is 4. The maximum absolute atomic E-state index is 5.28. The summed E-state index contributed by atoms with van der Waals surface area (Å²) < 4.78 is 2.62. The number of benzene rings is 8. The lowest BCUT2D eigenvalue weighted by Gasteiger charge is -2.18. The highest BCUT2D eigenvalue weighted by Gasteiger charge is 2.20. The molecule has 0 N–H and O–H groups in total. The van der Waals surface area contributed by atoms with Gasteiger partial charge in [0, 0.05) is 36.9 Å².